The van der Waals surface area contributed by atoms with Crippen molar-refractivity contribution in [2.45, 2.75) is 0 Å². The zero-order valence-corrected chi connectivity index (χ0v) is 10.4. The van der Waals surface area contributed by atoms with Crippen molar-refractivity contribution in [3.8, 4) is 0 Å². The molecular weight excluding hydrogens is 226 g/mol. The minimum absolute atomic E-state index is 0.690. The fourth-order valence-electron chi connectivity index (χ4n) is 1.41. The Morgan fingerprint density at radius 1 is 1.00 bits per heavy atom. The van der Waals surface area contributed by atoms with E-state index in [4.69, 9.17) is 4.42 Å². The van der Waals surface area contributed by atoms with Crippen LogP contribution in [0.3, 0.4) is 0 Å². The molecule has 0 bridgehead atoms. The summed E-state index contributed by atoms with van der Waals surface area (Å²) in [4.78, 5) is 2.05. The summed E-state index contributed by atoms with van der Waals surface area (Å²) < 4.78 is 5.10. The highest BCUT2D eigenvalue weighted by Crippen LogP contribution is 2.10. The lowest BCUT2D eigenvalue weighted by atomic mass is 10.2. The van der Waals surface area contributed by atoms with Crippen LogP contribution < -0.4 is 4.90 Å². The van der Waals surface area contributed by atoms with Gasteiger partial charge in [0.05, 0.1) is 18.7 Å². The van der Waals surface area contributed by atoms with Crippen molar-refractivity contribution in [3.63, 3.8) is 0 Å². The van der Waals surface area contributed by atoms with Crippen molar-refractivity contribution >= 4 is 18.1 Å². The van der Waals surface area contributed by atoms with Crippen molar-refractivity contribution in [2.24, 2.45) is 10.2 Å². The van der Waals surface area contributed by atoms with E-state index in [0.717, 1.165) is 11.3 Å². The van der Waals surface area contributed by atoms with Crippen LogP contribution >= 0.6 is 0 Å². The van der Waals surface area contributed by atoms with Gasteiger partial charge < -0.3 is 9.32 Å². The van der Waals surface area contributed by atoms with Crippen LogP contribution in [0.25, 0.3) is 0 Å². The highest BCUT2D eigenvalue weighted by molar-refractivity contribution is 5.81. The number of anilines is 1. The number of hydrogen-bond donors (Lipinski definition) is 0. The molecule has 0 aliphatic heterocycles. The largest absolute Gasteiger partial charge is 0.463 e. The maximum atomic E-state index is 5.10. The second kappa shape index (κ2) is 5.82. The van der Waals surface area contributed by atoms with Gasteiger partial charge in [0.25, 0.3) is 0 Å². The number of furan rings is 1. The molecule has 2 aromatic rings. The Kier molecular flexibility index (Phi) is 3.91. The van der Waals surface area contributed by atoms with E-state index in [2.05, 4.69) is 15.1 Å². The second-order valence-electron chi connectivity index (χ2n) is 3.99. The van der Waals surface area contributed by atoms with Crippen molar-refractivity contribution < 1.29 is 4.42 Å². The third-order valence-electron chi connectivity index (χ3n) is 2.41. The second-order valence-corrected chi connectivity index (χ2v) is 3.99. The number of rotatable bonds is 4. The van der Waals surface area contributed by atoms with E-state index < -0.39 is 0 Å². The van der Waals surface area contributed by atoms with Gasteiger partial charge in [-0.3, -0.25) is 0 Å². The summed E-state index contributed by atoms with van der Waals surface area (Å²) in [6, 6.07) is 11.7. The molecule has 0 fully saturated rings. The molecule has 0 amide bonds. The molecule has 0 aliphatic rings. The minimum Gasteiger partial charge on any atom is -0.463 e. The van der Waals surface area contributed by atoms with Crippen molar-refractivity contribution in [1.82, 2.24) is 0 Å². The molecule has 4 nitrogen and oxygen atoms in total. The number of hydrogen-bond acceptors (Lipinski definition) is 4. The Balaban J connectivity index is 1.97. The standard InChI is InChI=1S/C14H15N3O/c1-17(2)13-7-5-12(6-8-13)10-15-16-11-14-4-3-9-18-14/h3-11H,1-2H3/b15-10-,16-11+. The first-order chi connectivity index (χ1) is 8.75. The first-order valence-electron chi connectivity index (χ1n) is 5.63. The Labute approximate surface area is 106 Å². The van der Waals surface area contributed by atoms with Gasteiger partial charge in [0.15, 0.2) is 0 Å². The summed E-state index contributed by atoms with van der Waals surface area (Å²) in [6.07, 6.45) is 4.88. The predicted octanol–water partition coefficient (Wildman–Crippen LogP) is 2.80. The van der Waals surface area contributed by atoms with Crippen LogP contribution in [-0.2, 0) is 0 Å². The Morgan fingerprint density at radius 3 is 2.33 bits per heavy atom. The number of benzene rings is 1. The zero-order valence-electron chi connectivity index (χ0n) is 10.4. The van der Waals surface area contributed by atoms with E-state index >= 15 is 0 Å². The minimum atomic E-state index is 0.690. The maximum absolute atomic E-state index is 5.10. The maximum Gasteiger partial charge on any atom is 0.146 e. The van der Waals surface area contributed by atoms with Gasteiger partial charge in [-0.2, -0.15) is 10.2 Å². The van der Waals surface area contributed by atoms with Gasteiger partial charge in [-0.15, -0.1) is 0 Å². The van der Waals surface area contributed by atoms with Gasteiger partial charge >= 0.3 is 0 Å². The van der Waals surface area contributed by atoms with E-state index in [9.17, 15) is 0 Å². The predicted molar refractivity (Wildman–Crippen MR) is 74.7 cm³/mol. The van der Waals surface area contributed by atoms with Gasteiger partial charge in [0, 0.05) is 19.8 Å². The summed E-state index contributed by atoms with van der Waals surface area (Å²) in [7, 11) is 4.02. The molecule has 0 N–H and O–H groups in total. The Morgan fingerprint density at radius 2 is 1.72 bits per heavy atom. The molecule has 0 saturated carbocycles. The summed E-state index contributed by atoms with van der Waals surface area (Å²) in [5.41, 5.74) is 2.17. The normalized spacial score (nSPS) is 11.4. The molecule has 2 rings (SSSR count). The summed E-state index contributed by atoms with van der Waals surface area (Å²) >= 11 is 0. The topological polar surface area (TPSA) is 41.1 Å². The molecule has 0 aliphatic carbocycles. The van der Waals surface area contributed by atoms with E-state index in [1.54, 1.807) is 18.7 Å². The van der Waals surface area contributed by atoms with Gasteiger partial charge in [-0.05, 0) is 29.8 Å². The highest BCUT2D eigenvalue weighted by atomic mass is 16.3. The van der Waals surface area contributed by atoms with Crippen molar-refractivity contribution in [3.05, 3.63) is 54.0 Å². The molecule has 0 radical (unpaired) electrons. The average Bonchev–Trinajstić information content (AvgIpc) is 2.88. The fraction of sp³-hybridized carbons (Fsp3) is 0.143. The molecule has 1 aromatic heterocycles. The summed E-state index contributed by atoms with van der Waals surface area (Å²) in [5.74, 6) is 0.690. The molecule has 0 atom stereocenters. The monoisotopic (exact) mass is 241 g/mol. The van der Waals surface area contributed by atoms with Crippen molar-refractivity contribution in [1.29, 1.82) is 0 Å². The summed E-state index contributed by atoms with van der Waals surface area (Å²) in [6.45, 7) is 0. The molecule has 0 spiro atoms. The van der Waals surface area contributed by atoms with Crippen LogP contribution in [0.4, 0.5) is 5.69 Å². The molecule has 0 unspecified atom stereocenters. The average molecular weight is 241 g/mol. The SMILES string of the molecule is CN(C)c1ccc(/C=N\N=C\c2ccco2)cc1. The van der Waals surface area contributed by atoms with Crippen molar-refractivity contribution in [2.75, 3.05) is 19.0 Å². The van der Waals surface area contributed by atoms with E-state index in [0.29, 0.717) is 5.76 Å². The number of nitrogens with zero attached hydrogens (tertiary/aromatic N) is 3. The smallest absolute Gasteiger partial charge is 0.146 e. The third-order valence-corrected chi connectivity index (χ3v) is 2.41. The molecule has 4 heteroatoms. The van der Waals surface area contributed by atoms with Crippen LogP contribution in [0.5, 0.6) is 0 Å². The summed E-state index contributed by atoms with van der Waals surface area (Å²) in [5, 5.41) is 7.87. The Hall–Kier alpha value is -2.36. The van der Waals surface area contributed by atoms with Gasteiger partial charge in [0.2, 0.25) is 0 Å². The lowest BCUT2D eigenvalue weighted by Gasteiger charge is -2.11. The van der Waals surface area contributed by atoms with E-state index in [1.807, 2.05) is 50.5 Å². The lowest BCUT2D eigenvalue weighted by molar-refractivity contribution is 0.560. The molecule has 0 saturated heterocycles. The van der Waals surface area contributed by atoms with Crippen LogP contribution in [0.1, 0.15) is 11.3 Å². The van der Waals surface area contributed by atoms with Crippen LogP contribution in [0.2, 0.25) is 0 Å². The molecule has 92 valence electrons. The Bertz CT molecular complexity index is 525. The first kappa shape index (κ1) is 12.1. The molecule has 18 heavy (non-hydrogen) atoms. The van der Waals surface area contributed by atoms with E-state index in [-0.39, 0.29) is 0 Å². The molecular formula is C14H15N3O. The molecule has 1 heterocycles. The van der Waals surface area contributed by atoms with Gasteiger partial charge in [-0.1, -0.05) is 12.1 Å². The van der Waals surface area contributed by atoms with Gasteiger partial charge in [-0.25, -0.2) is 0 Å². The molecule has 1 aromatic carbocycles. The van der Waals surface area contributed by atoms with Crippen LogP contribution in [0, 0.1) is 0 Å². The quantitative estimate of drug-likeness (QED) is 0.610. The first-order valence-corrected chi connectivity index (χ1v) is 5.63. The lowest BCUT2D eigenvalue weighted by Crippen LogP contribution is -2.08. The third kappa shape index (κ3) is 3.31. The van der Waals surface area contributed by atoms with E-state index in [1.165, 1.54) is 0 Å². The van der Waals surface area contributed by atoms with Crippen LogP contribution in [-0.4, -0.2) is 26.5 Å². The van der Waals surface area contributed by atoms with Crippen LogP contribution in [0.15, 0.2) is 57.3 Å². The fourth-order valence-corrected chi connectivity index (χ4v) is 1.41. The van der Waals surface area contributed by atoms with Gasteiger partial charge in [0.1, 0.15) is 5.76 Å². The highest BCUT2D eigenvalue weighted by Gasteiger charge is 1.93. The zero-order chi connectivity index (χ0) is 12.8.